The standard InChI is InChI=1S/C10H17N3/c1-5-8-11-7-12-9(13-8)10(3,4)6-2/h7H,5-6H2,1-4H3. The maximum atomic E-state index is 4.41. The highest BCUT2D eigenvalue weighted by Crippen LogP contribution is 2.22. The van der Waals surface area contributed by atoms with E-state index in [0.29, 0.717) is 0 Å². The molecule has 0 bridgehead atoms. The van der Waals surface area contributed by atoms with Gasteiger partial charge in [0.25, 0.3) is 0 Å². The molecule has 1 rings (SSSR count). The molecule has 3 nitrogen and oxygen atoms in total. The molecule has 0 radical (unpaired) electrons. The molecule has 0 N–H and O–H groups in total. The lowest BCUT2D eigenvalue weighted by Gasteiger charge is -2.20. The van der Waals surface area contributed by atoms with Gasteiger partial charge in [0.05, 0.1) is 0 Å². The Kier molecular flexibility index (Phi) is 2.96. The number of hydrogen-bond donors (Lipinski definition) is 0. The summed E-state index contributed by atoms with van der Waals surface area (Å²) in [5.41, 5.74) is 0.0624. The van der Waals surface area contributed by atoms with E-state index < -0.39 is 0 Å². The van der Waals surface area contributed by atoms with Crippen LogP contribution in [-0.2, 0) is 11.8 Å². The van der Waals surface area contributed by atoms with Crippen LogP contribution in [-0.4, -0.2) is 15.0 Å². The van der Waals surface area contributed by atoms with Gasteiger partial charge in [-0.3, -0.25) is 0 Å². The van der Waals surface area contributed by atoms with E-state index in [1.54, 1.807) is 6.33 Å². The third-order valence-electron chi connectivity index (χ3n) is 2.43. The second kappa shape index (κ2) is 3.81. The SMILES string of the molecule is CCc1ncnc(C(C)(C)CC)n1. The maximum absolute atomic E-state index is 4.41. The van der Waals surface area contributed by atoms with Crippen LogP contribution < -0.4 is 0 Å². The molecule has 0 fully saturated rings. The molecule has 0 unspecified atom stereocenters. The fourth-order valence-corrected chi connectivity index (χ4v) is 0.985. The van der Waals surface area contributed by atoms with E-state index in [0.717, 1.165) is 24.5 Å². The monoisotopic (exact) mass is 179 g/mol. The summed E-state index contributed by atoms with van der Waals surface area (Å²) in [5.74, 6) is 1.79. The summed E-state index contributed by atoms with van der Waals surface area (Å²) < 4.78 is 0. The van der Waals surface area contributed by atoms with Crippen molar-refractivity contribution in [1.82, 2.24) is 15.0 Å². The second-order valence-corrected chi connectivity index (χ2v) is 3.82. The molecule has 0 aliphatic carbocycles. The average molecular weight is 179 g/mol. The quantitative estimate of drug-likeness (QED) is 0.713. The van der Waals surface area contributed by atoms with Gasteiger partial charge in [-0.1, -0.05) is 27.7 Å². The zero-order valence-electron chi connectivity index (χ0n) is 8.83. The van der Waals surface area contributed by atoms with E-state index in [4.69, 9.17) is 0 Å². The number of nitrogens with zero attached hydrogens (tertiary/aromatic N) is 3. The first-order chi connectivity index (χ1) is 6.10. The van der Waals surface area contributed by atoms with E-state index >= 15 is 0 Å². The molecule has 72 valence electrons. The van der Waals surface area contributed by atoms with Gasteiger partial charge in [-0.2, -0.15) is 0 Å². The van der Waals surface area contributed by atoms with Gasteiger partial charge in [-0.05, 0) is 6.42 Å². The molecule has 1 heterocycles. The van der Waals surface area contributed by atoms with Crippen LogP contribution in [0.15, 0.2) is 6.33 Å². The average Bonchev–Trinajstić information content (AvgIpc) is 2.18. The van der Waals surface area contributed by atoms with Crippen molar-refractivity contribution in [3.63, 3.8) is 0 Å². The van der Waals surface area contributed by atoms with Gasteiger partial charge >= 0.3 is 0 Å². The summed E-state index contributed by atoms with van der Waals surface area (Å²) in [7, 11) is 0. The van der Waals surface area contributed by atoms with Crippen LogP contribution in [0.1, 0.15) is 45.8 Å². The Bertz CT molecular complexity index is 281. The van der Waals surface area contributed by atoms with Gasteiger partial charge in [0.15, 0.2) is 0 Å². The zero-order chi connectivity index (χ0) is 9.90. The first-order valence-corrected chi connectivity index (χ1v) is 4.78. The first-order valence-electron chi connectivity index (χ1n) is 4.78. The molecular weight excluding hydrogens is 162 g/mol. The lowest BCUT2D eigenvalue weighted by molar-refractivity contribution is 0.467. The summed E-state index contributed by atoms with van der Waals surface area (Å²) in [5, 5.41) is 0. The number of rotatable bonds is 3. The van der Waals surface area contributed by atoms with E-state index in [1.807, 2.05) is 0 Å². The minimum absolute atomic E-state index is 0.0624. The highest BCUT2D eigenvalue weighted by Gasteiger charge is 2.21. The molecule has 13 heavy (non-hydrogen) atoms. The Morgan fingerprint density at radius 2 is 1.92 bits per heavy atom. The molecular formula is C10H17N3. The summed E-state index contributed by atoms with van der Waals surface area (Å²) in [6.07, 6.45) is 3.52. The van der Waals surface area contributed by atoms with Gasteiger partial charge in [0.2, 0.25) is 0 Å². The number of aromatic nitrogens is 3. The van der Waals surface area contributed by atoms with Crippen LogP contribution in [0.25, 0.3) is 0 Å². The molecule has 1 aromatic heterocycles. The van der Waals surface area contributed by atoms with Crippen molar-refractivity contribution < 1.29 is 0 Å². The van der Waals surface area contributed by atoms with Crippen molar-refractivity contribution in [1.29, 1.82) is 0 Å². The van der Waals surface area contributed by atoms with Crippen LogP contribution >= 0.6 is 0 Å². The van der Waals surface area contributed by atoms with Crippen LogP contribution in [0, 0.1) is 0 Å². The Balaban J connectivity index is 3.01. The predicted octanol–water partition coefficient (Wildman–Crippen LogP) is 2.12. The minimum atomic E-state index is 0.0624. The van der Waals surface area contributed by atoms with Crippen LogP contribution in [0.5, 0.6) is 0 Å². The van der Waals surface area contributed by atoms with Crippen molar-refractivity contribution in [3.8, 4) is 0 Å². The molecule has 0 saturated carbocycles. The Morgan fingerprint density at radius 1 is 1.23 bits per heavy atom. The van der Waals surface area contributed by atoms with Crippen LogP contribution in [0.2, 0.25) is 0 Å². The molecule has 3 heteroatoms. The second-order valence-electron chi connectivity index (χ2n) is 3.82. The molecule has 0 amide bonds. The summed E-state index contributed by atoms with van der Waals surface area (Å²) in [6, 6.07) is 0. The topological polar surface area (TPSA) is 38.7 Å². The Labute approximate surface area is 79.6 Å². The van der Waals surface area contributed by atoms with Gasteiger partial charge in [-0.25, -0.2) is 15.0 Å². The van der Waals surface area contributed by atoms with Crippen LogP contribution in [0.3, 0.4) is 0 Å². The molecule has 0 aromatic carbocycles. The van der Waals surface area contributed by atoms with Crippen molar-refractivity contribution in [2.75, 3.05) is 0 Å². The molecule has 0 spiro atoms. The van der Waals surface area contributed by atoms with Crippen molar-refractivity contribution >= 4 is 0 Å². The van der Waals surface area contributed by atoms with E-state index in [9.17, 15) is 0 Å². The maximum Gasteiger partial charge on any atom is 0.137 e. The highest BCUT2D eigenvalue weighted by atomic mass is 15.0. The number of hydrogen-bond acceptors (Lipinski definition) is 3. The molecule has 0 saturated heterocycles. The van der Waals surface area contributed by atoms with Crippen molar-refractivity contribution in [2.45, 2.75) is 46.0 Å². The van der Waals surface area contributed by atoms with Crippen LogP contribution in [0.4, 0.5) is 0 Å². The molecule has 0 aliphatic rings. The molecule has 1 aromatic rings. The largest absolute Gasteiger partial charge is 0.221 e. The van der Waals surface area contributed by atoms with E-state index in [-0.39, 0.29) is 5.41 Å². The van der Waals surface area contributed by atoms with E-state index in [1.165, 1.54) is 0 Å². The number of aryl methyl sites for hydroxylation is 1. The lowest BCUT2D eigenvalue weighted by atomic mass is 9.89. The van der Waals surface area contributed by atoms with E-state index in [2.05, 4.69) is 42.6 Å². The lowest BCUT2D eigenvalue weighted by Crippen LogP contribution is -2.20. The third-order valence-corrected chi connectivity index (χ3v) is 2.43. The zero-order valence-corrected chi connectivity index (χ0v) is 8.83. The molecule has 0 aliphatic heterocycles. The predicted molar refractivity (Wildman–Crippen MR) is 52.5 cm³/mol. The van der Waals surface area contributed by atoms with Gasteiger partial charge < -0.3 is 0 Å². The first kappa shape index (κ1) is 10.1. The fraction of sp³-hybridized carbons (Fsp3) is 0.700. The third kappa shape index (κ3) is 2.23. The van der Waals surface area contributed by atoms with Crippen molar-refractivity contribution in [2.24, 2.45) is 0 Å². The Hall–Kier alpha value is -0.990. The Morgan fingerprint density at radius 3 is 2.46 bits per heavy atom. The minimum Gasteiger partial charge on any atom is -0.221 e. The summed E-state index contributed by atoms with van der Waals surface area (Å²) in [6.45, 7) is 8.51. The smallest absolute Gasteiger partial charge is 0.137 e. The molecule has 0 atom stereocenters. The van der Waals surface area contributed by atoms with Gasteiger partial charge in [0.1, 0.15) is 18.0 Å². The summed E-state index contributed by atoms with van der Waals surface area (Å²) in [4.78, 5) is 12.7. The van der Waals surface area contributed by atoms with Gasteiger partial charge in [-0.15, -0.1) is 0 Å². The normalized spacial score (nSPS) is 11.7. The van der Waals surface area contributed by atoms with Gasteiger partial charge in [0, 0.05) is 11.8 Å². The fourth-order valence-electron chi connectivity index (χ4n) is 0.985. The van der Waals surface area contributed by atoms with Crippen molar-refractivity contribution in [3.05, 3.63) is 18.0 Å². The summed E-state index contributed by atoms with van der Waals surface area (Å²) >= 11 is 0. The highest BCUT2D eigenvalue weighted by molar-refractivity contribution is 5.03.